The molecule has 4 rings (SSSR count). The van der Waals surface area contributed by atoms with Crippen molar-refractivity contribution in [3.05, 3.63) is 60.3 Å². The fourth-order valence-corrected chi connectivity index (χ4v) is 4.92. The van der Waals surface area contributed by atoms with Gasteiger partial charge in [0, 0.05) is 23.4 Å². The van der Waals surface area contributed by atoms with Gasteiger partial charge in [-0.1, -0.05) is 46.0 Å². The van der Waals surface area contributed by atoms with Gasteiger partial charge < -0.3 is 14.4 Å². The summed E-state index contributed by atoms with van der Waals surface area (Å²) >= 11 is 0. The summed E-state index contributed by atoms with van der Waals surface area (Å²) in [6, 6.07) is 18.4. The molecular formula is C31H41N3O2. The maximum absolute atomic E-state index is 6.03. The Morgan fingerprint density at radius 2 is 1.39 bits per heavy atom. The van der Waals surface area contributed by atoms with Crippen molar-refractivity contribution < 1.29 is 9.47 Å². The molecule has 0 amide bonds. The lowest BCUT2D eigenvalue weighted by molar-refractivity contribution is 0.223. The molecule has 0 unspecified atom stereocenters. The number of likely N-dealkylation sites (N-methyl/N-ethyl adjacent to an activating group) is 1. The smallest absolute Gasteiger partial charge is 0.160 e. The van der Waals surface area contributed by atoms with Gasteiger partial charge in [0.25, 0.3) is 0 Å². The normalized spacial score (nSPS) is 14.2. The van der Waals surface area contributed by atoms with Crippen LogP contribution in [0.25, 0.3) is 22.6 Å². The Bertz CT molecular complexity index is 1060. The highest BCUT2D eigenvalue weighted by Crippen LogP contribution is 2.28. The summed E-state index contributed by atoms with van der Waals surface area (Å²) in [6.07, 6.45) is 8.06. The van der Waals surface area contributed by atoms with Crippen LogP contribution in [-0.4, -0.2) is 47.7 Å². The minimum atomic E-state index is 0.687. The molecular weight excluding hydrogens is 446 g/mol. The first-order valence-corrected chi connectivity index (χ1v) is 13.7. The van der Waals surface area contributed by atoms with E-state index in [4.69, 9.17) is 14.5 Å². The standard InChI is InChI=1S/C31H41N3O2/c1-4-34(5-2)20-22-36-29-17-13-27(14-18-29)31-32-24(3)23-30(33-31)26-11-15-28(16-12-26)35-21-19-25-9-7-6-8-10-25/h11-18,23,25H,4-10,19-22H2,1-3H3. The largest absolute Gasteiger partial charge is 0.494 e. The molecule has 1 saturated carbocycles. The third-order valence-corrected chi connectivity index (χ3v) is 7.21. The van der Waals surface area contributed by atoms with E-state index in [2.05, 4.69) is 48.0 Å². The maximum atomic E-state index is 6.03. The van der Waals surface area contributed by atoms with Crippen LogP contribution in [0.1, 0.15) is 58.1 Å². The van der Waals surface area contributed by atoms with E-state index in [9.17, 15) is 0 Å². The molecule has 0 saturated heterocycles. The topological polar surface area (TPSA) is 47.5 Å². The second kappa shape index (κ2) is 13.4. The van der Waals surface area contributed by atoms with Gasteiger partial charge in [-0.2, -0.15) is 0 Å². The molecule has 1 heterocycles. The lowest BCUT2D eigenvalue weighted by Crippen LogP contribution is -2.27. The molecule has 36 heavy (non-hydrogen) atoms. The van der Waals surface area contributed by atoms with Gasteiger partial charge in [-0.05, 0) is 86.9 Å². The van der Waals surface area contributed by atoms with Crippen LogP contribution in [0.15, 0.2) is 54.6 Å². The van der Waals surface area contributed by atoms with Gasteiger partial charge >= 0.3 is 0 Å². The summed E-state index contributed by atoms with van der Waals surface area (Å²) in [5.41, 5.74) is 3.92. The van der Waals surface area contributed by atoms with E-state index in [-0.39, 0.29) is 0 Å². The van der Waals surface area contributed by atoms with Crippen molar-refractivity contribution in [3.63, 3.8) is 0 Å². The first kappa shape index (κ1) is 26.2. The Balaban J connectivity index is 1.36. The van der Waals surface area contributed by atoms with Crippen molar-refractivity contribution in [2.45, 2.75) is 59.3 Å². The minimum Gasteiger partial charge on any atom is -0.494 e. The first-order valence-electron chi connectivity index (χ1n) is 13.7. The summed E-state index contributed by atoms with van der Waals surface area (Å²) < 4.78 is 12.0. The predicted molar refractivity (Wildman–Crippen MR) is 148 cm³/mol. The quantitative estimate of drug-likeness (QED) is 0.271. The van der Waals surface area contributed by atoms with Gasteiger partial charge in [-0.3, -0.25) is 0 Å². The SMILES string of the molecule is CCN(CC)CCOc1ccc(-c2nc(C)cc(-c3ccc(OCCC4CCCCC4)cc3)n2)cc1. The summed E-state index contributed by atoms with van der Waals surface area (Å²) in [6.45, 7) is 10.9. The lowest BCUT2D eigenvalue weighted by atomic mass is 9.87. The van der Waals surface area contributed by atoms with E-state index >= 15 is 0 Å². The van der Waals surface area contributed by atoms with Gasteiger partial charge in [-0.15, -0.1) is 0 Å². The molecule has 2 aromatic carbocycles. The maximum Gasteiger partial charge on any atom is 0.160 e. The number of rotatable bonds is 12. The van der Waals surface area contributed by atoms with Crippen LogP contribution >= 0.6 is 0 Å². The number of aromatic nitrogens is 2. The van der Waals surface area contributed by atoms with E-state index in [1.165, 1.54) is 32.1 Å². The molecule has 1 fully saturated rings. The molecule has 0 bridgehead atoms. The molecule has 0 N–H and O–H groups in total. The zero-order valence-corrected chi connectivity index (χ0v) is 22.2. The number of benzene rings is 2. The van der Waals surface area contributed by atoms with Gasteiger partial charge in [-0.25, -0.2) is 9.97 Å². The number of hydrogen-bond acceptors (Lipinski definition) is 5. The van der Waals surface area contributed by atoms with E-state index in [1.54, 1.807) is 0 Å². The molecule has 0 radical (unpaired) electrons. The van der Waals surface area contributed by atoms with E-state index < -0.39 is 0 Å². The average Bonchev–Trinajstić information content (AvgIpc) is 2.92. The highest BCUT2D eigenvalue weighted by atomic mass is 16.5. The Kier molecular flexibility index (Phi) is 9.74. The molecule has 1 aliphatic carbocycles. The zero-order valence-electron chi connectivity index (χ0n) is 22.2. The Morgan fingerprint density at radius 3 is 2.03 bits per heavy atom. The molecule has 192 valence electrons. The van der Waals surface area contributed by atoms with E-state index in [1.807, 2.05) is 37.3 Å². The molecule has 0 aliphatic heterocycles. The van der Waals surface area contributed by atoms with Gasteiger partial charge in [0.2, 0.25) is 0 Å². The van der Waals surface area contributed by atoms with Crippen LogP contribution in [0.5, 0.6) is 11.5 Å². The van der Waals surface area contributed by atoms with Gasteiger partial charge in [0.1, 0.15) is 18.1 Å². The van der Waals surface area contributed by atoms with Crippen LogP contribution < -0.4 is 9.47 Å². The van der Waals surface area contributed by atoms with Crippen molar-refractivity contribution in [2.24, 2.45) is 5.92 Å². The molecule has 1 aromatic heterocycles. The molecule has 5 heteroatoms. The van der Waals surface area contributed by atoms with E-state index in [0.717, 1.165) is 78.4 Å². The number of ether oxygens (including phenoxy) is 2. The van der Waals surface area contributed by atoms with Gasteiger partial charge in [0.05, 0.1) is 12.3 Å². The van der Waals surface area contributed by atoms with Crippen LogP contribution in [-0.2, 0) is 0 Å². The van der Waals surface area contributed by atoms with Crippen LogP contribution in [0.3, 0.4) is 0 Å². The average molecular weight is 488 g/mol. The number of nitrogens with zero attached hydrogens (tertiary/aromatic N) is 3. The summed E-state index contributed by atoms with van der Waals surface area (Å²) in [7, 11) is 0. The van der Waals surface area contributed by atoms with Crippen molar-refractivity contribution in [1.29, 1.82) is 0 Å². The third-order valence-electron chi connectivity index (χ3n) is 7.21. The highest BCUT2D eigenvalue weighted by Gasteiger charge is 2.13. The fourth-order valence-electron chi connectivity index (χ4n) is 4.92. The monoisotopic (exact) mass is 487 g/mol. The first-order chi connectivity index (χ1) is 17.6. The third kappa shape index (κ3) is 7.54. The van der Waals surface area contributed by atoms with Crippen molar-refractivity contribution in [3.8, 4) is 34.1 Å². The van der Waals surface area contributed by atoms with Crippen molar-refractivity contribution in [1.82, 2.24) is 14.9 Å². The zero-order chi connectivity index (χ0) is 25.2. The van der Waals surface area contributed by atoms with Crippen LogP contribution in [0.4, 0.5) is 0 Å². The highest BCUT2D eigenvalue weighted by molar-refractivity contribution is 5.65. The molecule has 1 aliphatic rings. The summed E-state index contributed by atoms with van der Waals surface area (Å²) in [5.74, 6) is 3.37. The molecule has 0 spiro atoms. The van der Waals surface area contributed by atoms with Crippen molar-refractivity contribution in [2.75, 3.05) is 32.8 Å². The second-order valence-electron chi connectivity index (χ2n) is 9.78. The fraction of sp³-hybridized carbons (Fsp3) is 0.484. The minimum absolute atomic E-state index is 0.687. The number of aryl methyl sites for hydroxylation is 1. The molecule has 0 atom stereocenters. The van der Waals surface area contributed by atoms with Crippen molar-refractivity contribution >= 4 is 0 Å². The summed E-state index contributed by atoms with van der Waals surface area (Å²) in [5, 5.41) is 0. The Labute approximate surface area is 216 Å². The van der Waals surface area contributed by atoms with Crippen LogP contribution in [0, 0.1) is 12.8 Å². The van der Waals surface area contributed by atoms with E-state index in [0.29, 0.717) is 6.61 Å². The molecule has 3 aromatic rings. The lowest BCUT2D eigenvalue weighted by Gasteiger charge is -2.21. The Hall–Kier alpha value is -2.92. The Morgan fingerprint density at radius 1 is 0.778 bits per heavy atom. The molecule has 5 nitrogen and oxygen atoms in total. The predicted octanol–water partition coefficient (Wildman–Crippen LogP) is 7.19. The van der Waals surface area contributed by atoms with Gasteiger partial charge in [0.15, 0.2) is 5.82 Å². The van der Waals surface area contributed by atoms with Crippen LogP contribution in [0.2, 0.25) is 0 Å². The number of hydrogen-bond donors (Lipinski definition) is 0. The summed E-state index contributed by atoms with van der Waals surface area (Å²) in [4.78, 5) is 11.9. The second-order valence-corrected chi connectivity index (χ2v) is 9.78.